The van der Waals surface area contributed by atoms with Crippen molar-refractivity contribution in [1.82, 2.24) is 9.88 Å². The summed E-state index contributed by atoms with van der Waals surface area (Å²) in [6.45, 7) is 6.12. The first-order valence-electron chi connectivity index (χ1n) is 8.55. The SMILES string of the molecule is Cc1[nH]c2ccc(F)cc2c1CC(=O)N(C(C)C)C1CCCC1. The highest BCUT2D eigenvalue weighted by Crippen LogP contribution is 2.28. The Hall–Kier alpha value is -1.84. The van der Waals surface area contributed by atoms with Gasteiger partial charge in [-0.05, 0) is 57.4 Å². The van der Waals surface area contributed by atoms with E-state index >= 15 is 0 Å². The molecule has 0 radical (unpaired) electrons. The Labute approximate surface area is 136 Å². The molecule has 1 heterocycles. The molecule has 4 heteroatoms. The second kappa shape index (κ2) is 6.34. The second-order valence-corrected chi connectivity index (χ2v) is 6.93. The van der Waals surface area contributed by atoms with Gasteiger partial charge in [-0.2, -0.15) is 0 Å². The average Bonchev–Trinajstić information content (AvgIpc) is 3.09. The molecule has 3 rings (SSSR count). The number of halogens is 1. The van der Waals surface area contributed by atoms with Gasteiger partial charge in [-0.1, -0.05) is 12.8 Å². The van der Waals surface area contributed by atoms with Crippen LogP contribution >= 0.6 is 0 Å². The van der Waals surface area contributed by atoms with E-state index in [1.807, 2.05) is 11.8 Å². The first kappa shape index (κ1) is 16.0. The summed E-state index contributed by atoms with van der Waals surface area (Å²) in [5.41, 5.74) is 2.77. The van der Waals surface area contributed by atoms with E-state index in [1.54, 1.807) is 6.07 Å². The number of hydrogen-bond acceptors (Lipinski definition) is 1. The van der Waals surface area contributed by atoms with Crippen LogP contribution in [0.2, 0.25) is 0 Å². The minimum absolute atomic E-state index is 0.153. The number of amides is 1. The summed E-state index contributed by atoms with van der Waals surface area (Å²) in [5, 5.41) is 0.825. The maximum Gasteiger partial charge on any atom is 0.227 e. The highest BCUT2D eigenvalue weighted by atomic mass is 19.1. The topological polar surface area (TPSA) is 36.1 Å². The average molecular weight is 316 g/mol. The van der Waals surface area contributed by atoms with Crippen molar-refractivity contribution in [2.24, 2.45) is 0 Å². The quantitative estimate of drug-likeness (QED) is 0.895. The number of rotatable bonds is 4. The largest absolute Gasteiger partial charge is 0.358 e. The van der Waals surface area contributed by atoms with Crippen LogP contribution < -0.4 is 0 Å². The van der Waals surface area contributed by atoms with Gasteiger partial charge in [-0.25, -0.2) is 4.39 Å². The molecule has 0 unspecified atom stereocenters. The van der Waals surface area contributed by atoms with Gasteiger partial charge in [0, 0.05) is 28.7 Å². The van der Waals surface area contributed by atoms with Crippen molar-refractivity contribution in [2.45, 2.75) is 65.0 Å². The van der Waals surface area contributed by atoms with Gasteiger partial charge in [-0.3, -0.25) is 4.79 Å². The molecular formula is C19H25FN2O. The Balaban J connectivity index is 1.89. The number of benzene rings is 1. The molecule has 124 valence electrons. The molecule has 2 aromatic rings. The molecule has 3 nitrogen and oxygen atoms in total. The van der Waals surface area contributed by atoms with Crippen molar-refractivity contribution in [3.8, 4) is 0 Å². The Morgan fingerprint density at radius 2 is 2.04 bits per heavy atom. The van der Waals surface area contributed by atoms with E-state index in [0.717, 1.165) is 35.0 Å². The maximum absolute atomic E-state index is 13.6. The van der Waals surface area contributed by atoms with Gasteiger partial charge >= 0.3 is 0 Å². The van der Waals surface area contributed by atoms with E-state index in [-0.39, 0.29) is 17.8 Å². The van der Waals surface area contributed by atoms with Crippen LogP contribution in [0.5, 0.6) is 0 Å². The van der Waals surface area contributed by atoms with E-state index in [9.17, 15) is 9.18 Å². The number of hydrogen-bond donors (Lipinski definition) is 1. The van der Waals surface area contributed by atoms with Gasteiger partial charge < -0.3 is 9.88 Å². The summed E-state index contributed by atoms with van der Waals surface area (Å²) in [4.78, 5) is 18.2. The lowest BCUT2D eigenvalue weighted by atomic mass is 10.0. The van der Waals surface area contributed by atoms with Crippen LogP contribution in [0.3, 0.4) is 0 Å². The summed E-state index contributed by atoms with van der Waals surface area (Å²) in [6, 6.07) is 5.28. The fraction of sp³-hybridized carbons (Fsp3) is 0.526. The lowest BCUT2D eigenvalue weighted by Gasteiger charge is -2.33. The van der Waals surface area contributed by atoms with E-state index in [0.29, 0.717) is 12.5 Å². The smallest absolute Gasteiger partial charge is 0.227 e. The molecule has 1 aromatic carbocycles. The molecular weight excluding hydrogens is 291 g/mol. The summed E-state index contributed by atoms with van der Waals surface area (Å²) in [6.07, 6.45) is 4.96. The van der Waals surface area contributed by atoms with Gasteiger partial charge in [0.15, 0.2) is 0 Å². The molecule has 1 aliphatic carbocycles. The zero-order valence-electron chi connectivity index (χ0n) is 14.2. The fourth-order valence-corrected chi connectivity index (χ4v) is 3.92. The molecule has 1 fully saturated rings. The van der Waals surface area contributed by atoms with Gasteiger partial charge in [-0.15, -0.1) is 0 Å². The third-order valence-electron chi connectivity index (χ3n) is 4.97. The Morgan fingerprint density at radius 1 is 1.35 bits per heavy atom. The molecule has 1 N–H and O–H groups in total. The van der Waals surface area contributed by atoms with Crippen molar-refractivity contribution in [2.75, 3.05) is 0 Å². The zero-order valence-corrected chi connectivity index (χ0v) is 14.2. The first-order chi connectivity index (χ1) is 11.0. The highest BCUT2D eigenvalue weighted by molar-refractivity contribution is 5.90. The molecule has 0 spiro atoms. The summed E-state index contributed by atoms with van der Waals surface area (Å²) in [5.74, 6) is -0.109. The number of fused-ring (bicyclic) bond motifs is 1. The van der Waals surface area contributed by atoms with Gasteiger partial charge in [0.1, 0.15) is 5.82 Å². The summed E-state index contributed by atoms with van der Waals surface area (Å²) in [7, 11) is 0. The molecule has 0 bridgehead atoms. The predicted octanol–water partition coefficient (Wildman–Crippen LogP) is 4.34. The third-order valence-corrected chi connectivity index (χ3v) is 4.97. The lowest BCUT2D eigenvalue weighted by Crippen LogP contribution is -2.44. The van der Waals surface area contributed by atoms with Crippen molar-refractivity contribution in [1.29, 1.82) is 0 Å². The van der Waals surface area contributed by atoms with Gasteiger partial charge in [0.25, 0.3) is 0 Å². The Kier molecular flexibility index (Phi) is 4.42. The second-order valence-electron chi connectivity index (χ2n) is 6.93. The number of H-pyrrole nitrogens is 1. The van der Waals surface area contributed by atoms with Crippen LogP contribution in [0.1, 0.15) is 50.8 Å². The molecule has 0 atom stereocenters. The number of carbonyl (C=O) groups is 1. The number of aromatic nitrogens is 1. The van der Waals surface area contributed by atoms with Crippen LogP contribution in [0.25, 0.3) is 10.9 Å². The van der Waals surface area contributed by atoms with Gasteiger partial charge in [0.05, 0.1) is 6.42 Å². The molecule has 0 aliphatic heterocycles. The molecule has 0 saturated heterocycles. The number of carbonyl (C=O) groups excluding carboxylic acids is 1. The summed E-state index contributed by atoms with van der Waals surface area (Å²) >= 11 is 0. The Bertz CT molecular complexity index is 713. The number of aromatic amines is 1. The molecule has 1 aromatic heterocycles. The zero-order chi connectivity index (χ0) is 16.6. The summed E-state index contributed by atoms with van der Waals surface area (Å²) < 4.78 is 13.6. The molecule has 23 heavy (non-hydrogen) atoms. The number of nitrogens with one attached hydrogen (secondary N) is 1. The molecule has 1 aliphatic rings. The standard InChI is InChI=1S/C19H25FN2O/c1-12(2)22(15-6-4-5-7-15)19(23)11-16-13(3)21-18-9-8-14(20)10-17(16)18/h8-10,12,15,21H,4-7,11H2,1-3H3. The van der Waals surface area contributed by atoms with Crippen LogP contribution in [-0.4, -0.2) is 27.9 Å². The van der Waals surface area contributed by atoms with Crippen molar-refractivity contribution < 1.29 is 9.18 Å². The van der Waals surface area contributed by atoms with Crippen LogP contribution in [0, 0.1) is 12.7 Å². The predicted molar refractivity (Wildman–Crippen MR) is 90.9 cm³/mol. The number of nitrogens with zero attached hydrogens (tertiary/aromatic N) is 1. The molecule has 1 amide bonds. The van der Waals surface area contributed by atoms with E-state index < -0.39 is 0 Å². The fourth-order valence-electron chi connectivity index (χ4n) is 3.92. The highest BCUT2D eigenvalue weighted by Gasteiger charge is 2.29. The van der Waals surface area contributed by atoms with Crippen molar-refractivity contribution >= 4 is 16.8 Å². The van der Waals surface area contributed by atoms with E-state index in [4.69, 9.17) is 0 Å². The van der Waals surface area contributed by atoms with Crippen molar-refractivity contribution in [3.63, 3.8) is 0 Å². The van der Waals surface area contributed by atoms with Crippen LogP contribution in [0.15, 0.2) is 18.2 Å². The van der Waals surface area contributed by atoms with Crippen molar-refractivity contribution in [3.05, 3.63) is 35.3 Å². The minimum atomic E-state index is -0.262. The normalized spacial score (nSPS) is 15.7. The lowest BCUT2D eigenvalue weighted by molar-refractivity contribution is -0.134. The third kappa shape index (κ3) is 3.12. The first-order valence-corrected chi connectivity index (χ1v) is 8.55. The van der Waals surface area contributed by atoms with Crippen LogP contribution in [-0.2, 0) is 11.2 Å². The monoisotopic (exact) mass is 316 g/mol. The maximum atomic E-state index is 13.6. The van der Waals surface area contributed by atoms with E-state index in [2.05, 4.69) is 18.8 Å². The number of aryl methyl sites for hydroxylation is 1. The Morgan fingerprint density at radius 3 is 2.70 bits per heavy atom. The minimum Gasteiger partial charge on any atom is -0.358 e. The van der Waals surface area contributed by atoms with Gasteiger partial charge in [0.2, 0.25) is 5.91 Å². The van der Waals surface area contributed by atoms with E-state index in [1.165, 1.54) is 25.0 Å². The molecule has 1 saturated carbocycles. The van der Waals surface area contributed by atoms with Crippen LogP contribution in [0.4, 0.5) is 4.39 Å².